The molecular formula is C10H13N3O2. The van der Waals surface area contributed by atoms with Gasteiger partial charge in [-0.1, -0.05) is 0 Å². The second kappa shape index (κ2) is 4.16. The van der Waals surface area contributed by atoms with Crippen molar-refractivity contribution in [2.24, 2.45) is 0 Å². The highest BCUT2D eigenvalue weighted by molar-refractivity contribution is 5.79. The highest BCUT2D eigenvalue weighted by Gasteiger charge is 2.22. The summed E-state index contributed by atoms with van der Waals surface area (Å²) in [7, 11) is 1.60. The van der Waals surface area contributed by atoms with Crippen LogP contribution in [0.4, 0.5) is 5.82 Å². The Morgan fingerprint density at radius 3 is 3.20 bits per heavy atom. The van der Waals surface area contributed by atoms with Gasteiger partial charge in [-0.25, -0.2) is 4.98 Å². The maximum Gasteiger partial charge on any atom is 0.222 e. The lowest BCUT2D eigenvalue weighted by atomic mass is 10.2. The topological polar surface area (TPSA) is 63.2 Å². The molecule has 2 rings (SSSR count). The maximum absolute atomic E-state index is 11.0. The van der Waals surface area contributed by atoms with Gasteiger partial charge in [0, 0.05) is 19.2 Å². The van der Waals surface area contributed by atoms with Crippen LogP contribution in [0.15, 0.2) is 18.3 Å². The fourth-order valence-corrected chi connectivity index (χ4v) is 1.56. The molecule has 0 spiro atoms. The number of pyridine rings is 1. The Kier molecular flexibility index (Phi) is 2.71. The van der Waals surface area contributed by atoms with Crippen LogP contribution in [-0.4, -0.2) is 30.6 Å². The van der Waals surface area contributed by atoms with E-state index in [0.29, 0.717) is 24.5 Å². The minimum atomic E-state index is 0.0717. The average molecular weight is 207 g/mol. The molecule has 0 aliphatic carbocycles. The molecule has 1 saturated heterocycles. The molecule has 1 atom stereocenters. The molecule has 0 bridgehead atoms. The number of aromatic nitrogens is 1. The van der Waals surface area contributed by atoms with Crippen LogP contribution in [0.2, 0.25) is 0 Å². The van der Waals surface area contributed by atoms with E-state index in [1.165, 1.54) is 0 Å². The van der Waals surface area contributed by atoms with Crippen LogP contribution in [-0.2, 0) is 4.79 Å². The van der Waals surface area contributed by atoms with Gasteiger partial charge in [-0.05, 0) is 12.1 Å². The second-order valence-electron chi connectivity index (χ2n) is 3.40. The van der Waals surface area contributed by atoms with Crippen molar-refractivity contribution in [2.75, 3.05) is 19.0 Å². The van der Waals surface area contributed by atoms with Gasteiger partial charge in [0.25, 0.3) is 0 Å². The molecule has 2 N–H and O–H groups in total. The van der Waals surface area contributed by atoms with Gasteiger partial charge < -0.3 is 15.4 Å². The van der Waals surface area contributed by atoms with Crippen LogP contribution < -0.4 is 15.4 Å². The zero-order valence-electron chi connectivity index (χ0n) is 8.49. The predicted molar refractivity (Wildman–Crippen MR) is 55.8 cm³/mol. The van der Waals surface area contributed by atoms with E-state index in [2.05, 4.69) is 15.6 Å². The minimum absolute atomic E-state index is 0.0717. The summed E-state index contributed by atoms with van der Waals surface area (Å²) in [5.41, 5.74) is 0. The van der Waals surface area contributed by atoms with Gasteiger partial charge in [-0.3, -0.25) is 4.79 Å². The van der Waals surface area contributed by atoms with E-state index < -0.39 is 0 Å². The van der Waals surface area contributed by atoms with Gasteiger partial charge in [0.05, 0.1) is 13.2 Å². The van der Waals surface area contributed by atoms with E-state index in [0.717, 1.165) is 0 Å². The van der Waals surface area contributed by atoms with Crippen molar-refractivity contribution in [3.63, 3.8) is 0 Å². The molecule has 80 valence electrons. The molecule has 15 heavy (non-hydrogen) atoms. The molecule has 1 aliphatic heterocycles. The first kappa shape index (κ1) is 9.76. The molecular weight excluding hydrogens is 194 g/mol. The molecule has 1 aromatic heterocycles. The van der Waals surface area contributed by atoms with Gasteiger partial charge in [0.15, 0.2) is 11.6 Å². The second-order valence-corrected chi connectivity index (χ2v) is 3.40. The first-order valence-electron chi connectivity index (χ1n) is 4.82. The summed E-state index contributed by atoms with van der Waals surface area (Å²) in [6, 6.07) is 3.74. The Bertz CT molecular complexity index is 367. The molecule has 0 saturated carbocycles. The van der Waals surface area contributed by atoms with Gasteiger partial charge in [0.1, 0.15) is 0 Å². The monoisotopic (exact) mass is 207 g/mol. The Hall–Kier alpha value is -1.78. The third-order valence-electron chi connectivity index (χ3n) is 2.31. The highest BCUT2D eigenvalue weighted by atomic mass is 16.5. The van der Waals surface area contributed by atoms with Crippen molar-refractivity contribution in [1.29, 1.82) is 0 Å². The number of hydrogen-bond donors (Lipinski definition) is 2. The van der Waals surface area contributed by atoms with Gasteiger partial charge >= 0.3 is 0 Å². The summed E-state index contributed by atoms with van der Waals surface area (Å²) in [6.45, 7) is 0.637. The molecule has 0 aromatic carbocycles. The molecule has 5 nitrogen and oxygen atoms in total. The molecule has 5 heteroatoms. The van der Waals surface area contributed by atoms with E-state index in [4.69, 9.17) is 4.74 Å². The predicted octanol–water partition coefficient (Wildman–Crippen LogP) is 0.391. The number of ether oxygens (including phenoxy) is 1. The third kappa shape index (κ3) is 2.18. The SMILES string of the molecule is COc1cccnc1NC1CNC(=O)C1. The lowest BCUT2D eigenvalue weighted by Gasteiger charge is -2.13. The maximum atomic E-state index is 11.0. The standard InChI is InChI=1S/C10H13N3O2/c1-15-8-3-2-4-11-10(8)13-7-5-9(14)12-6-7/h2-4,7H,5-6H2,1H3,(H,11,13)(H,12,14). The van der Waals surface area contributed by atoms with E-state index in [-0.39, 0.29) is 11.9 Å². The van der Waals surface area contributed by atoms with Crippen molar-refractivity contribution < 1.29 is 9.53 Å². The van der Waals surface area contributed by atoms with E-state index in [9.17, 15) is 4.79 Å². The Morgan fingerprint density at radius 1 is 1.67 bits per heavy atom. The molecule has 0 radical (unpaired) electrons. The van der Waals surface area contributed by atoms with Crippen molar-refractivity contribution in [2.45, 2.75) is 12.5 Å². The number of anilines is 1. The number of nitrogens with zero attached hydrogens (tertiary/aromatic N) is 1. The van der Waals surface area contributed by atoms with Crippen LogP contribution in [0, 0.1) is 0 Å². The van der Waals surface area contributed by atoms with Crippen molar-refractivity contribution in [3.8, 4) is 5.75 Å². The Balaban J connectivity index is 2.07. The largest absolute Gasteiger partial charge is 0.493 e. The minimum Gasteiger partial charge on any atom is -0.493 e. The Morgan fingerprint density at radius 2 is 2.53 bits per heavy atom. The number of rotatable bonds is 3. The van der Waals surface area contributed by atoms with Crippen LogP contribution >= 0.6 is 0 Å². The fraction of sp³-hybridized carbons (Fsp3) is 0.400. The zero-order chi connectivity index (χ0) is 10.7. The number of methoxy groups -OCH3 is 1. The van der Waals surface area contributed by atoms with Crippen LogP contribution in [0.3, 0.4) is 0 Å². The molecule has 1 fully saturated rings. The summed E-state index contributed by atoms with van der Waals surface area (Å²) in [5, 5.41) is 5.93. The molecule has 1 amide bonds. The summed E-state index contributed by atoms with van der Waals surface area (Å²) < 4.78 is 5.15. The molecule has 1 unspecified atom stereocenters. The van der Waals surface area contributed by atoms with Gasteiger partial charge in [-0.2, -0.15) is 0 Å². The summed E-state index contributed by atoms with van der Waals surface area (Å²) in [6.07, 6.45) is 2.18. The van der Waals surface area contributed by atoms with E-state index in [1.807, 2.05) is 12.1 Å². The number of carbonyl (C=O) groups excluding carboxylic acids is 1. The lowest BCUT2D eigenvalue weighted by molar-refractivity contribution is -0.119. The summed E-state index contributed by atoms with van der Waals surface area (Å²) in [5.74, 6) is 1.45. The molecule has 1 aliphatic rings. The van der Waals surface area contributed by atoms with Crippen LogP contribution in [0.1, 0.15) is 6.42 Å². The smallest absolute Gasteiger partial charge is 0.222 e. The summed E-state index contributed by atoms with van der Waals surface area (Å²) in [4.78, 5) is 15.2. The normalized spacial score (nSPS) is 19.8. The number of carbonyl (C=O) groups is 1. The van der Waals surface area contributed by atoms with Gasteiger partial charge in [-0.15, -0.1) is 0 Å². The Labute approximate surface area is 87.8 Å². The molecule has 1 aromatic rings. The van der Waals surface area contributed by atoms with Crippen LogP contribution in [0.25, 0.3) is 0 Å². The van der Waals surface area contributed by atoms with E-state index >= 15 is 0 Å². The van der Waals surface area contributed by atoms with Crippen LogP contribution in [0.5, 0.6) is 5.75 Å². The molecule has 2 heterocycles. The first-order chi connectivity index (χ1) is 7.29. The summed E-state index contributed by atoms with van der Waals surface area (Å²) >= 11 is 0. The number of amides is 1. The quantitative estimate of drug-likeness (QED) is 0.752. The van der Waals surface area contributed by atoms with Crippen molar-refractivity contribution in [1.82, 2.24) is 10.3 Å². The number of hydrogen-bond acceptors (Lipinski definition) is 4. The van der Waals surface area contributed by atoms with Crippen molar-refractivity contribution in [3.05, 3.63) is 18.3 Å². The third-order valence-corrected chi connectivity index (χ3v) is 2.31. The number of nitrogens with one attached hydrogen (secondary N) is 2. The lowest BCUT2D eigenvalue weighted by Crippen LogP contribution is -2.23. The zero-order valence-corrected chi connectivity index (χ0v) is 8.49. The van der Waals surface area contributed by atoms with Crippen molar-refractivity contribution >= 4 is 11.7 Å². The fourth-order valence-electron chi connectivity index (χ4n) is 1.56. The average Bonchev–Trinajstić information content (AvgIpc) is 2.65. The highest BCUT2D eigenvalue weighted by Crippen LogP contribution is 2.21. The first-order valence-corrected chi connectivity index (χ1v) is 4.82. The van der Waals surface area contributed by atoms with E-state index in [1.54, 1.807) is 13.3 Å². The van der Waals surface area contributed by atoms with Gasteiger partial charge in [0.2, 0.25) is 5.91 Å².